The zero-order valence-electron chi connectivity index (χ0n) is 5.64. The molecule has 66 valence electrons. The molecular formula is C5H10Cl2N2O2. The Balaban J connectivity index is 0. The van der Waals surface area contributed by atoms with Crippen LogP contribution in [0.5, 0.6) is 0 Å². The van der Waals surface area contributed by atoms with Gasteiger partial charge in [0.2, 0.25) is 0 Å². The molecule has 0 saturated heterocycles. The van der Waals surface area contributed by atoms with Crippen LogP contribution in [0.25, 0.3) is 0 Å². The first-order valence-electron chi connectivity index (χ1n) is 2.59. The number of rotatable bonds is 2. The van der Waals surface area contributed by atoms with Crippen LogP contribution in [0.15, 0.2) is 17.0 Å². The van der Waals surface area contributed by atoms with Gasteiger partial charge in [-0.05, 0) is 0 Å². The molecule has 0 aliphatic rings. The molecule has 0 aromatic carbocycles. The fraction of sp³-hybridized carbons (Fsp3) is 0.400. The highest BCUT2D eigenvalue weighted by Gasteiger charge is 2.05. The van der Waals surface area contributed by atoms with Crippen molar-refractivity contribution in [2.24, 2.45) is 5.73 Å². The van der Waals surface area contributed by atoms with Gasteiger partial charge in [-0.25, -0.2) is 4.98 Å². The van der Waals surface area contributed by atoms with E-state index in [9.17, 15) is 0 Å². The Kier molecular flexibility index (Phi) is 7.77. The number of hydrogen-bond donors (Lipinski definition) is 2. The monoisotopic (exact) mass is 200 g/mol. The van der Waals surface area contributed by atoms with E-state index in [0.29, 0.717) is 5.76 Å². The molecule has 0 amide bonds. The summed E-state index contributed by atoms with van der Waals surface area (Å²) in [5.74, 6) is 0.512. The minimum absolute atomic E-state index is 0. The lowest BCUT2D eigenvalue weighted by atomic mass is 10.3. The molecule has 0 aliphatic carbocycles. The number of nitrogens with two attached hydrogens (primary N) is 1. The topological polar surface area (TPSA) is 72.3 Å². The molecule has 0 radical (unpaired) electrons. The Morgan fingerprint density at radius 2 is 2.27 bits per heavy atom. The third kappa shape index (κ3) is 3.57. The van der Waals surface area contributed by atoms with E-state index in [4.69, 9.17) is 15.3 Å². The maximum atomic E-state index is 8.49. The van der Waals surface area contributed by atoms with Crippen LogP contribution in [0, 0.1) is 0 Å². The summed E-state index contributed by atoms with van der Waals surface area (Å²) in [7, 11) is 0. The first kappa shape index (κ1) is 13.3. The van der Waals surface area contributed by atoms with Crippen LogP contribution in [-0.2, 0) is 0 Å². The molecule has 1 rings (SSSR count). The Labute approximate surface area is 76.6 Å². The van der Waals surface area contributed by atoms with Gasteiger partial charge in [0.1, 0.15) is 5.76 Å². The first-order valence-corrected chi connectivity index (χ1v) is 2.59. The Bertz CT molecular complexity index is 169. The first-order chi connectivity index (χ1) is 4.34. The molecule has 1 unspecified atom stereocenters. The fourth-order valence-corrected chi connectivity index (χ4v) is 0.499. The molecule has 1 aromatic rings. The van der Waals surface area contributed by atoms with Crippen molar-refractivity contribution in [3.63, 3.8) is 0 Å². The largest absolute Gasteiger partial charge is 0.447 e. The van der Waals surface area contributed by atoms with Crippen molar-refractivity contribution in [1.82, 2.24) is 4.98 Å². The van der Waals surface area contributed by atoms with Crippen LogP contribution in [0.4, 0.5) is 0 Å². The Morgan fingerprint density at radius 3 is 2.64 bits per heavy atom. The molecule has 0 spiro atoms. The third-order valence-electron chi connectivity index (χ3n) is 1.01. The van der Waals surface area contributed by atoms with E-state index in [1.54, 1.807) is 0 Å². The number of aliphatic hydroxyl groups excluding tert-OH is 1. The van der Waals surface area contributed by atoms with Gasteiger partial charge < -0.3 is 15.3 Å². The van der Waals surface area contributed by atoms with Gasteiger partial charge in [-0.1, -0.05) is 0 Å². The van der Waals surface area contributed by atoms with Crippen LogP contribution in [0.3, 0.4) is 0 Å². The zero-order chi connectivity index (χ0) is 6.69. The number of nitrogens with zero attached hydrogens (tertiary/aromatic N) is 1. The van der Waals surface area contributed by atoms with E-state index >= 15 is 0 Å². The average Bonchev–Trinajstić information content (AvgIpc) is 2.37. The van der Waals surface area contributed by atoms with E-state index in [2.05, 4.69) is 4.98 Å². The van der Waals surface area contributed by atoms with Gasteiger partial charge in [0.25, 0.3) is 0 Å². The number of aromatic nitrogens is 1. The second-order valence-corrected chi connectivity index (χ2v) is 1.69. The lowest BCUT2D eigenvalue weighted by Crippen LogP contribution is -2.13. The highest BCUT2D eigenvalue weighted by molar-refractivity contribution is 5.85. The molecule has 0 fully saturated rings. The number of halogens is 2. The van der Waals surface area contributed by atoms with E-state index in [1.807, 2.05) is 0 Å². The SMILES string of the molecule is Cl.Cl.NC(CO)c1cnco1. The lowest BCUT2D eigenvalue weighted by Gasteiger charge is -1.99. The molecule has 1 atom stereocenters. The quantitative estimate of drug-likeness (QED) is 0.731. The van der Waals surface area contributed by atoms with Crippen LogP contribution >= 0.6 is 24.8 Å². The van der Waals surface area contributed by atoms with Gasteiger partial charge in [0.15, 0.2) is 6.39 Å². The highest BCUT2D eigenvalue weighted by atomic mass is 35.5. The summed E-state index contributed by atoms with van der Waals surface area (Å²) in [6, 6.07) is -0.438. The van der Waals surface area contributed by atoms with E-state index < -0.39 is 6.04 Å². The van der Waals surface area contributed by atoms with E-state index in [1.165, 1.54) is 12.6 Å². The molecule has 0 bridgehead atoms. The van der Waals surface area contributed by atoms with Gasteiger partial charge in [0.05, 0.1) is 18.8 Å². The van der Waals surface area contributed by atoms with Crippen molar-refractivity contribution in [1.29, 1.82) is 0 Å². The number of hydrogen-bond acceptors (Lipinski definition) is 4. The highest BCUT2D eigenvalue weighted by Crippen LogP contribution is 2.05. The molecule has 1 heterocycles. The number of oxazole rings is 1. The molecule has 11 heavy (non-hydrogen) atoms. The predicted molar refractivity (Wildman–Crippen MR) is 45.0 cm³/mol. The fourth-order valence-electron chi connectivity index (χ4n) is 0.499. The third-order valence-corrected chi connectivity index (χ3v) is 1.01. The molecule has 4 nitrogen and oxygen atoms in total. The maximum absolute atomic E-state index is 8.49. The van der Waals surface area contributed by atoms with Crippen molar-refractivity contribution < 1.29 is 9.52 Å². The number of aliphatic hydroxyl groups is 1. The smallest absolute Gasteiger partial charge is 0.180 e. The van der Waals surface area contributed by atoms with E-state index in [0.717, 1.165) is 0 Å². The van der Waals surface area contributed by atoms with Gasteiger partial charge in [-0.2, -0.15) is 0 Å². The molecule has 6 heteroatoms. The molecule has 1 aromatic heterocycles. The average molecular weight is 201 g/mol. The minimum Gasteiger partial charge on any atom is -0.447 e. The van der Waals surface area contributed by atoms with Crippen LogP contribution < -0.4 is 5.73 Å². The summed E-state index contributed by atoms with van der Waals surface area (Å²) in [6.45, 7) is -0.116. The maximum Gasteiger partial charge on any atom is 0.180 e. The van der Waals surface area contributed by atoms with Crippen LogP contribution in [0.2, 0.25) is 0 Å². The molecule has 0 aliphatic heterocycles. The molecule has 3 N–H and O–H groups in total. The van der Waals surface area contributed by atoms with Gasteiger partial charge in [-0.3, -0.25) is 0 Å². The summed E-state index contributed by atoms with van der Waals surface area (Å²) in [5, 5.41) is 8.49. The van der Waals surface area contributed by atoms with Crippen molar-refractivity contribution in [3.8, 4) is 0 Å². The van der Waals surface area contributed by atoms with Gasteiger partial charge in [-0.15, -0.1) is 24.8 Å². The second kappa shape index (κ2) is 6.42. The van der Waals surface area contributed by atoms with E-state index in [-0.39, 0.29) is 31.4 Å². The van der Waals surface area contributed by atoms with Crippen molar-refractivity contribution in [3.05, 3.63) is 18.4 Å². The van der Waals surface area contributed by atoms with Gasteiger partial charge in [0, 0.05) is 0 Å². The summed E-state index contributed by atoms with van der Waals surface area (Å²) >= 11 is 0. The summed E-state index contributed by atoms with van der Waals surface area (Å²) in [6.07, 6.45) is 2.77. The normalized spacial score (nSPS) is 11.1. The summed E-state index contributed by atoms with van der Waals surface area (Å²) in [4.78, 5) is 3.63. The Hall–Kier alpha value is -0.290. The lowest BCUT2D eigenvalue weighted by molar-refractivity contribution is 0.252. The zero-order valence-corrected chi connectivity index (χ0v) is 7.27. The van der Waals surface area contributed by atoms with Crippen molar-refractivity contribution >= 4 is 24.8 Å². The molecule has 0 saturated carbocycles. The van der Waals surface area contributed by atoms with Crippen LogP contribution in [-0.4, -0.2) is 16.7 Å². The summed E-state index contributed by atoms with van der Waals surface area (Å²) < 4.78 is 4.79. The Morgan fingerprint density at radius 1 is 1.64 bits per heavy atom. The second-order valence-electron chi connectivity index (χ2n) is 1.69. The van der Waals surface area contributed by atoms with Crippen molar-refractivity contribution in [2.45, 2.75) is 6.04 Å². The van der Waals surface area contributed by atoms with Crippen molar-refractivity contribution in [2.75, 3.05) is 6.61 Å². The van der Waals surface area contributed by atoms with Crippen LogP contribution in [0.1, 0.15) is 11.8 Å². The molecular weight excluding hydrogens is 191 g/mol. The van der Waals surface area contributed by atoms with Gasteiger partial charge >= 0.3 is 0 Å². The minimum atomic E-state index is -0.438. The standard InChI is InChI=1S/C5H8N2O2.2ClH/c6-4(2-8)5-1-7-3-9-5;;/h1,3-4,8H,2,6H2;2*1H. The predicted octanol–water partition coefficient (Wildman–Crippen LogP) is 0.510. The summed E-state index contributed by atoms with van der Waals surface area (Å²) in [5.41, 5.74) is 5.35.